The third-order valence-corrected chi connectivity index (χ3v) is 23.9. The van der Waals surface area contributed by atoms with Crippen molar-refractivity contribution < 1.29 is 32.7 Å². The van der Waals surface area contributed by atoms with Crippen LogP contribution >= 0.6 is 23.2 Å². The maximum atomic E-state index is 13.4. The van der Waals surface area contributed by atoms with Crippen molar-refractivity contribution in [2.45, 2.75) is 136 Å². The van der Waals surface area contributed by atoms with E-state index in [2.05, 4.69) is 98.5 Å². The molecule has 0 saturated heterocycles. The zero-order chi connectivity index (χ0) is 55.0. The molecule has 0 aliphatic rings. The summed E-state index contributed by atoms with van der Waals surface area (Å²) in [6.07, 6.45) is 0.0750. The maximum Gasteiger partial charge on any atom is 0.269 e. The van der Waals surface area contributed by atoms with Gasteiger partial charge in [-0.2, -0.15) is 0 Å². The van der Waals surface area contributed by atoms with Crippen LogP contribution < -0.4 is 10.9 Å². The number of aromatic nitrogens is 2. The lowest BCUT2D eigenvalue weighted by Crippen LogP contribution is -2.51. The summed E-state index contributed by atoms with van der Waals surface area (Å²) in [4.78, 5) is 53.6. The molecule has 5 rings (SSSR count). The van der Waals surface area contributed by atoms with Gasteiger partial charge in [0.2, 0.25) is 29.1 Å². The van der Waals surface area contributed by atoms with Gasteiger partial charge < -0.3 is 13.3 Å². The SMILES string of the molecule is [C-]#[N+]c1ccc(C[C@@H](C(=O)NNC(=O)c2ccc([N+](=O)[O-])cc2)[C@@H](C)O[Si](C)(C)C(C)(C)C)c(C)c1Cl.[C-]#[N+]c1ccc(C[C@@H](c2nnc(-c3ccc([N+](=O)[O-])cc3)o2)[C@@H](C)O[Si](C)(C)C(C)(C)C)c(C)c1Cl. The standard InChI is InChI=1S/C26H33ClN4O5Si.C26H31ClN4O4Si/c1-16-19(11-14-22(28-6)23(16)27)15-21(17(2)36-37(7,8)26(3,4)5)25(33)30-29-24(32)18-9-12-20(13-10-18)31(34)35;1-16-19(11-14-22(28-6)23(16)27)15-21(17(2)35-36(7,8)26(3,4)5)25-30-29-24(34-25)18-9-12-20(13-10-18)31(32)33/h9-14,17,21H,15H2,1-5,7-8H3,(H,29,32)(H,30,33);9-14,17,21H,15H2,1-5,7-8H3/t2*17-,21-/m11/s1. The summed E-state index contributed by atoms with van der Waals surface area (Å²) in [7, 11) is -4.35. The van der Waals surface area contributed by atoms with Crippen molar-refractivity contribution in [3.05, 3.63) is 160 Å². The molecule has 0 saturated carbocycles. The Bertz CT molecular complexity index is 2900. The number of nitro groups is 2. The van der Waals surface area contributed by atoms with Crippen molar-refractivity contribution in [2.24, 2.45) is 5.92 Å². The van der Waals surface area contributed by atoms with E-state index < -0.39 is 50.3 Å². The molecular formula is C52H64Cl2N8O9Si2. The van der Waals surface area contributed by atoms with E-state index in [1.807, 2.05) is 26.8 Å². The normalized spacial score (nSPS) is 13.5. The first-order valence-electron chi connectivity index (χ1n) is 23.4. The minimum absolute atomic E-state index is 0.0111. The Balaban J connectivity index is 0.000000317. The molecule has 4 atom stereocenters. The quantitative estimate of drug-likeness (QED) is 0.0411. The third kappa shape index (κ3) is 14.9. The largest absolute Gasteiger partial charge is 0.420 e. The number of hydrazine groups is 1. The van der Waals surface area contributed by atoms with Crippen molar-refractivity contribution in [2.75, 3.05) is 0 Å². The number of rotatable bonds is 16. The summed E-state index contributed by atoms with van der Waals surface area (Å²) in [5, 5.41) is 31.1. The molecule has 1 aromatic heterocycles. The fourth-order valence-electron chi connectivity index (χ4n) is 7.13. The van der Waals surface area contributed by atoms with Gasteiger partial charge in [0.05, 0.1) is 57.1 Å². The molecule has 5 aromatic rings. The first-order chi connectivity index (χ1) is 33.8. The van der Waals surface area contributed by atoms with E-state index in [4.69, 9.17) is 49.6 Å². The Labute approximate surface area is 439 Å². The second-order valence-electron chi connectivity index (χ2n) is 20.9. The second-order valence-corrected chi connectivity index (χ2v) is 31.1. The second kappa shape index (κ2) is 24.1. The van der Waals surface area contributed by atoms with Crippen molar-refractivity contribution in [3.63, 3.8) is 0 Å². The Morgan fingerprint density at radius 1 is 0.699 bits per heavy atom. The number of benzene rings is 4. The number of nitrogens with one attached hydrogen (secondary N) is 2. The van der Waals surface area contributed by atoms with Gasteiger partial charge in [-0.15, -0.1) is 10.2 Å². The van der Waals surface area contributed by atoms with E-state index in [0.29, 0.717) is 44.9 Å². The minimum atomic E-state index is -2.23. The average molecular weight is 1070 g/mol. The molecule has 2 amide bonds. The van der Waals surface area contributed by atoms with E-state index in [1.54, 1.807) is 37.3 Å². The summed E-state index contributed by atoms with van der Waals surface area (Å²) < 4.78 is 19.3. The van der Waals surface area contributed by atoms with Crippen molar-refractivity contribution >= 4 is 74.4 Å². The van der Waals surface area contributed by atoms with Gasteiger partial charge in [-0.05, 0) is 123 Å². The molecule has 388 valence electrons. The van der Waals surface area contributed by atoms with Crippen LogP contribution in [0.15, 0.2) is 77.2 Å². The number of nitrogens with zero attached hydrogens (tertiary/aromatic N) is 6. The van der Waals surface area contributed by atoms with Gasteiger partial charge in [0.25, 0.3) is 17.3 Å². The highest BCUT2D eigenvalue weighted by Crippen LogP contribution is 2.42. The van der Waals surface area contributed by atoms with Crippen molar-refractivity contribution in [3.8, 4) is 11.5 Å². The van der Waals surface area contributed by atoms with Crippen LogP contribution in [0.1, 0.15) is 99.8 Å². The molecule has 0 spiro atoms. The molecule has 0 unspecified atom stereocenters. The number of non-ortho nitro benzene ring substituents is 2. The van der Waals surface area contributed by atoms with Crippen LogP contribution in [0, 0.1) is 53.1 Å². The highest BCUT2D eigenvalue weighted by atomic mass is 35.5. The van der Waals surface area contributed by atoms with Crippen LogP contribution in [-0.4, -0.2) is 60.7 Å². The lowest BCUT2D eigenvalue weighted by Gasteiger charge is -2.40. The molecule has 2 N–H and O–H groups in total. The van der Waals surface area contributed by atoms with E-state index >= 15 is 0 Å². The monoisotopic (exact) mass is 1070 g/mol. The fourth-order valence-corrected chi connectivity index (χ4v) is 10.5. The van der Waals surface area contributed by atoms with Crippen LogP contribution in [0.4, 0.5) is 22.7 Å². The molecule has 21 heteroatoms. The number of hydrogen-bond acceptors (Lipinski definition) is 11. The molecule has 0 aliphatic heterocycles. The summed E-state index contributed by atoms with van der Waals surface area (Å²) >= 11 is 12.8. The van der Waals surface area contributed by atoms with Crippen LogP contribution in [0.2, 0.25) is 46.3 Å². The lowest BCUT2D eigenvalue weighted by atomic mass is 9.91. The van der Waals surface area contributed by atoms with Crippen molar-refractivity contribution in [1.29, 1.82) is 0 Å². The molecule has 0 radical (unpaired) electrons. The van der Waals surface area contributed by atoms with Crippen molar-refractivity contribution in [1.82, 2.24) is 21.0 Å². The molecule has 4 aromatic carbocycles. The predicted molar refractivity (Wildman–Crippen MR) is 289 cm³/mol. The first-order valence-corrected chi connectivity index (χ1v) is 30.0. The summed E-state index contributed by atoms with van der Waals surface area (Å²) in [5.41, 5.74) is 9.54. The summed E-state index contributed by atoms with van der Waals surface area (Å²) in [6.45, 7) is 43.7. The Morgan fingerprint density at radius 3 is 1.58 bits per heavy atom. The number of hydrogen-bond donors (Lipinski definition) is 2. The van der Waals surface area contributed by atoms with Gasteiger partial charge in [0, 0.05) is 35.4 Å². The van der Waals surface area contributed by atoms with Crippen LogP contribution in [0.25, 0.3) is 21.1 Å². The van der Waals surface area contributed by atoms with E-state index in [-0.39, 0.29) is 51.3 Å². The number of carbonyl (C=O) groups excluding carboxylic acids is 2. The van der Waals surface area contributed by atoms with Gasteiger partial charge in [0.15, 0.2) is 16.6 Å². The average Bonchev–Trinajstić information content (AvgIpc) is 3.81. The smallest absolute Gasteiger partial charge is 0.269 e. The Morgan fingerprint density at radius 2 is 1.14 bits per heavy atom. The first kappa shape index (κ1) is 59.2. The number of carbonyl (C=O) groups is 2. The predicted octanol–water partition coefficient (Wildman–Crippen LogP) is 14.0. The molecule has 0 fully saturated rings. The Hall–Kier alpha value is -6.33. The maximum absolute atomic E-state index is 13.4. The Kier molecular flexibility index (Phi) is 19.6. The molecule has 17 nitrogen and oxygen atoms in total. The lowest BCUT2D eigenvalue weighted by molar-refractivity contribution is -0.385. The third-order valence-electron chi connectivity index (χ3n) is 13.8. The van der Waals surface area contributed by atoms with E-state index in [9.17, 15) is 29.8 Å². The number of nitro benzene ring substituents is 2. The zero-order valence-corrected chi connectivity index (χ0v) is 47.3. The van der Waals surface area contributed by atoms with Gasteiger partial charge in [-0.25, -0.2) is 9.69 Å². The highest BCUT2D eigenvalue weighted by Gasteiger charge is 2.42. The van der Waals surface area contributed by atoms with E-state index in [1.165, 1.54) is 36.4 Å². The fraction of sp³-hybridized carbons (Fsp3) is 0.423. The van der Waals surface area contributed by atoms with Crippen LogP contribution in [0.5, 0.6) is 0 Å². The molecule has 0 bridgehead atoms. The summed E-state index contributed by atoms with van der Waals surface area (Å²) in [5.74, 6) is -1.32. The number of amides is 2. The summed E-state index contributed by atoms with van der Waals surface area (Å²) in [6, 6.07) is 18.1. The van der Waals surface area contributed by atoms with E-state index in [0.717, 1.165) is 16.7 Å². The van der Waals surface area contributed by atoms with Gasteiger partial charge in [0.1, 0.15) is 0 Å². The van der Waals surface area contributed by atoms with Gasteiger partial charge in [-0.3, -0.25) is 40.7 Å². The highest BCUT2D eigenvalue weighted by molar-refractivity contribution is 6.74. The zero-order valence-electron chi connectivity index (χ0n) is 43.8. The van der Waals surface area contributed by atoms with Gasteiger partial charge in [-0.1, -0.05) is 89.0 Å². The minimum Gasteiger partial charge on any atom is -0.420 e. The van der Waals surface area contributed by atoms with Crippen LogP contribution in [-0.2, 0) is 26.5 Å². The molecular weight excluding hydrogens is 1010 g/mol. The molecule has 0 aliphatic carbocycles. The molecule has 1 heterocycles. The molecule has 73 heavy (non-hydrogen) atoms. The topological polar surface area (TPSA) is 211 Å². The van der Waals surface area contributed by atoms with Gasteiger partial charge >= 0.3 is 0 Å². The van der Waals surface area contributed by atoms with Crippen LogP contribution in [0.3, 0.4) is 0 Å². The number of halogens is 2.